The predicted octanol–water partition coefficient (Wildman–Crippen LogP) is -4.02. The molecule has 0 saturated heterocycles. The van der Waals surface area contributed by atoms with Gasteiger partial charge in [0.05, 0.1) is 0 Å². The second-order valence-electron chi connectivity index (χ2n) is 0. The minimum absolute atomic E-state index is 0. The van der Waals surface area contributed by atoms with Crippen molar-refractivity contribution < 1.29 is 29.6 Å². The summed E-state index contributed by atoms with van der Waals surface area (Å²) in [4.78, 5) is 0. The van der Waals surface area contributed by atoms with E-state index in [9.17, 15) is 0 Å². The summed E-state index contributed by atoms with van der Waals surface area (Å²) < 4.78 is 0. The van der Waals surface area contributed by atoms with Crippen LogP contribution in [-0.4, -0.2) is 0 Å². The molecular weight excluding hydrogens is 65.0 g/mol. The summed E-state index contributed by atoms with van der Waals surface area (Å²) in [6, 6.07) is 0. The fourth-order valence-corrected chi connectivity index (χ4v) is 0. The third kappa shape index (κ3) is 13.1. The molecule has 3 nitrogen and oxygen atoms in total. The van der Waals surface area contributed by atoms with Crippen molar-refractivity contribution in [2.75, 3.05) is 0 Å². The van der Waals surface area contributed by atoms with Crippen molar-refractivity contribution in [1.29, 1.82) is 0 Å². The van der Waals surface area contributed by atoms with Gasteiger partial charge in [0.2, 0.25) is 0 Å². The maximum Gasteiger partial charge on any atom is 1.00 e. The average Bonchev–Trinajstić information content (AvgIpc) is 1.00. The van der Waals surface area contributed by atoms with Crippen LogP contribution in [0.1, 0.15) is 0 Å². The van der Waals surface area contributed by atoms with E-state index in [1.807, 2.05) is 0 Å². The smallest absolute Gasteiger partial charge is 0.344 e. The Morgan fingerprint density at radius 2 is 1.00 bits per heavy atom. The van der Waals surface area contributed by atoms with Gasteiger partial charge in [0.25, 0.3) is 0 Å². The van der Waals surface area contributed by atoms with Crippen molar-refractivity contribution in [1.82, 2.24) is 6.15 Å². The molecule has 0 unspecified atom stereocenters. The van der Waals surface area contributed by atoms with Gasteiger partial charge in [-0.3, -0.25) is 11.7 Å². The van der Waals surface area contributed by atoms with Crippen LogP contribution >= 0.6 is 0 Å². The molecule has 7 N–H and O–H groups in total. The average molecular weight is 72.1 g/mol. The Hall–Kier alpha value is 0.880. The second-order valence-corrected chi connectivity index (χ2v) is 0. The summed E-state index contributed by atoms with van der Waals surface area (Å²) in [6.45, 7) is 0. The first-order valence-corrected chi connectivity index (χ1v) is 0.333. The number of hydrogen-bond acceptors (Lipinski definition) is 3. The summed E-state index contributed by atoms with van der Waals surface area (Å²) in [5, 5.41) is 0. The van der Waals surface area contributed by atoms with Crippen LogP contribution in [0.2, 0.25) is 0 Å². The molecule has 0 atom stereocenters. The Kier molecular flexibility index (Phi) is 216. The summed E-state index contributed by atoms with van der Waals surface area (Å²) in [7, 11) is 0. The van der Waals surface area contributed by atoms with Gasteiger partial charge in [0, 0.05) is 0 Å². The second kappa shape index (κ2) is 41.6. The number of hydrogen-bond donors (Lipinski definition) is 3. The Bertz CT molecular complexity index is 3.25. The van der Waals surface area contributed by atoms with E-state index < -0.39 is 0 Å². The Morgan fingerprint density at radius 1 is 1.00 bits per heavy atom. The van der Waals surface area contributed by atoms with Gasteiger partial charge in [-0.1, -0.05) is 0 Å². The van der Waals surface area contributed by atoms with Gasteiger partial charge >= 0.3 is 29.6 Å². The van der Waals surface area contributed by atoms with Gasteiger partial charge in [0.1, 0.15) is 0 Å². The molecule has 0 bridgehead atoms. The summed E-state index contributed by atoms with van der Waals surface area (Å²) in [5.41, 5.74) is 0. The zero-order valence-corrected chi connectivity index (χ0v) is 4.86. The molecule has 0 spiro atoms. The predicted molar refractivity (Wildman–Crippen MR) is 13.4 cm³/mol. The first-order valence-electron chi connectivity index (χ1n) is 0.333. The van der Waals surface area contributed by atoms with E-state index in [2.05, 4.69) is 11.7 Å². The van der Waals surface area contributed by atoms with Crippen molar-refractivity contribution in [3.8, 4) is 0 Å². The van der Waals surface area contributed by atoms with Crippen LogP contribution in [0.25, 0.3) is 0 Å². The van der Waals surface area contributed by atoms with Crippen LogP contribution in [0.5, 0.6) is 0 Å². The third-order valence-electron chi connectivity index (χ3n) is 0. The van der Waals surface area contributed by atoms with Gasteiger partial charge in [-0.2, -0.15) is 0 Å². The van der Waals surface area contributed by atoms with Gasteiger partial charge < -0.3 is 6.15 Å². The zero-order valence-electron chi connectivity index (χ0n) is 2.86. The molecule has 0 radical (unpaired) electrons. The van der Waals surface area contributed by atoms with Crippen molar-refractivity contribution in [2.24, 2.45) is 11.7 Å². The SMILES string of the molecule is N.NN.[Na+]. The van der Waals surface area contributed by atoms with E-state index in [0.29, 0.717) is 0 Å². The van der Waals surface area contributed by atoms with Crippen LogP contribution in [0.4, 0.5) is 0 Å². The molecule has 0 amide bonds. The van der Waals surface area contributed by atoms with E-state index in [1.165, 1.54) is 0 Å². The molecule has 0 aliphatic heterocycles. The Balaban J connectivity index is -0.00000000500. The van der Waals surface area contributed by atoms with E-state index in [1.54, 1.807) is 0 Å². The van der Waals surface area contributed by atoms with Crippen molar-refractivity contribution >= 4 is 0 Å². The van der Waals surface area contributed by atoms with E-state index in [-0.39, 0.29) is 35.7 Å². The number of nitrogens with two attached hydrogens (primary N) is 2. The third-order valence-corrected chi connectivity index (χ3v) is 0. The molecule has 0 heterocycles. The molecule has 22 valence electrons. The van der Waals surface area contributed by atoms with Crippen LogP contribution in [-0.2, 0) is 0 Å². The molecule has 0 aliphatic rings. The first kappa shape index (κ1) is 20.8. The molecule has 0 aliphatic carbocycles. The molecule has 0 aromatic heterocycles. The molecule has 0 aromatic rings. The monoisotopic (exact) mass is 72.1 g/mol. The summed E-state index contributed by atoms with van der Waals surface area (Å²) in [6.07, 6.45) is 0. The minimum Gasteiger partial charge on any atom is -0.344 e. The van der Waals surface area contributed by atoms with Gasteiger partial charge in [-0.25, -0.2) is 0 Å². The maximum absolute atomic E-state index is 4.00. The molecular formula is H7N3Na+. The molecule has 0 aromatic carbocycles. The fraction of sp³-hybridized carbons (Fsp3) is 0. The molecule has 4 heavy (non-hydrogen) atoms. The molecule has 0 saturated carbocycles. The largest absolute Gasteiger partial charge is 1.00 e. The molecule has 4 heteroatoms. The minimum atomic E-state index is 0. The quantitative estimate of drug-likeness (QED) is 0.155. The maximum atomic E-state index is 4.00. The topological polar surface area (TPSA) is 87.0 Å². The van der Waals surface area contributed by atoms with Crippen LogP contribution in [0.15, 0.2) is 0 Å². The summed E-state index contributed by atoms with van der Waals surface area (Å²) >= 11 is 0. The Labute approximate surface area is 47.6 Å². The van der Waals surface area contributed by atoms with E-state index in [4.69, 9.17) is 0 Å². The van der Waals surface area contributed by atoms with Gasteiger partial charge in [-0.05, 0) is 0 Å². The zero-order chi connectivity index (χ0) is 2.00. The molecule has 0 rings (SSSR count). The number of hydrazine groups is 1. The van der Waals surface area contributed by atoms with Crippen molar-refractivity contribution in [2.45, 2.75) is 0 Å². The van der Waals surface area contributed by atoms with Crippen LogP contribution < -0.4 is 47.4 Å². The van der Waals surface area contributed by atoms with Crippen molar-refractivity contribution in [3.63, 3.8) is 0 Å². The standard InChI is InChI=1S/H4N2.H3N.Na/c1-2;;/h1-2H2;1H3;/q;;+1. The van der Waals surface area contributed by atoms with Gasteiger partial charge in [0.15, 0.2) is 0 Å². The van der Waals surface area contributed by atoms with E-state index >= 15 is 0 Å². The molecule has 0 fully saturated rings. The van der Waals surface area contributed by atoms with Crippen LogP contribution in [0.3, 0.4) is 0 Å². The summed E-state index contributed by atoms with van der Waals surface area (Å²) in [5.74, 6) is 8.00. The Morgan fingerprint density at radius 3 is 1.00 bits per heavy atom. The van der Waals surface area contributed by atoms with E-state index in [0.717, 1.165) is 0 Å². The normalized spacial score (nSPS) is 1.50. The van der Waals surface area contributed by atoms with Gasteiger partial charge in [-0.15, -0.1) is 0 Å². The first-order chi connectivity index (χ1) is 1.00. The fourth-order valence-electron chi connectivity index (χ4n) is 0. The number of rotatable bonds is 0. The van der Waals surface area contributed by atoms with Crippen LogP contribution in [0, 0.1) is 0 Å². The van der Waals surface area contributed by atoms with Crippen molar-refractivity contribution in [3.05, 3.63) is 0 Å².